The largest absolute Gasteiger partial charge is 0.396 e. The molecule has 0 saturated heterocycles. The number of anilines is 2. The molecule has 41 heavy (non-hydrogen) atoms. The molecule has 0 aliphatic rings. The van der Waals surface area contributed by atoms with Gasteiger partial charge in [0.1, 0.15) is 5.82 Å². The van der Waals surface area contributed by atoms with Crippen LogP contribution in [0.25, 0.3) is 50.3 Å². The Balaban J connectivity index is 1.25. The van der Waals surface area contributed by atoms with Crippen molar-refractivity contribution < 1.29 is 4.79 Å². The van der Waals surface area contributed by atoms with E-state index in [4.69, 9.17) is 10.8 Å². The summed E-state index contributed by atoms with van der Waals surface area (Å²) >= 11 is 0. The number of aromatic amines is 2. The van der Waals surface area contributed by atoms with Crippen LogP contribution in [0.15, 0.2) is 114 Å². The molecular weight excluding hydrogens is 514 g/mol. The molecule has 9 nitrogen and oxygen atoms in total. The van der Waals surface area contributed by atoms with Crippen LogP contribution in [0.3, 0.4) is 0 Å². The maximum absolute atomic E-state index is 13.5. The van der Waals surface area contributed by atoms with E-state index in [2.05, 4.69) is 20.3 Å². The van der Waals surface area contributed by atoms with Gasteiger partial charge in [-0.05, 0) is 42.5 Å². The Labute approximate surface area is 233 Å². The highest BCUT2D eigenvalue weighted by molar-refractivity contribution is 6.09. The summed E-state index contributed by atoms with van der Waals surface area (Å²) in [6, 6.07) is 33.7. The summed E-state index contributed by atoms with van der Waals surface area (Å²) in [6.45, 7) is 0. The summed E-state index contributed by atoms with van der Waals surface area (Å²) in [5.74, 6) is 0.196. The predicted octanol–water partition coefficient (Wildman–Crippen LogP) is 5.76. The van der Waals surface area contributed by atoms with Crippen LogP contribution < -0.4 is 16.6 Å². The second kappa shape index (κ2) is 9.65. The van der Waals surface area contributed by atoms with Crippen molar-refractivity contribution in [3.8, 4) is 28.3 Å². The number of nitrogens with two attached hydrogens (primary N) is 1. The van der Waals surface area contributed by atoms with Crippen molar-refractivity contribution in [2.24, 2.45) is 0 Å². The number of aromatic nitrogens is 5. The van der Waals surface area contributed by atoms with Crippen LogP contribution in [0.2, 0.25) is 0 Å². The average molecular weight is 538 g/mol. The van der Waals surface area contributed by atoms with Crippen LogP contribution in [0.5, 0.6) is 0 Å². The standard InChI is InChI=1S/C32H23N7O2/c33-28-22-17-20(15-16-23(22)34-29(28)30-32(41)36-25-14-8-7-13-24(25)35-30)31(40)37-27-18-26(19-9-3-1-4-10-19)38-39(27)21-11-5-2-6-12-21/h1-18,34H,33H2,(H,36,41)(H,37,40). The third-order valence-corrected chi connectivity index (χ3v) is 6.96. The van der Waals surface area contributed by atoms with E-state index >= 15 is 0 Å². The number of hydrogen-bond acceptors (Lipinski definition) is 5. The Bertz CT molecular complexity index is 2130. The van der Waals surface area contributed by atoms with E-state index in [1.165, 1.54) is 0 Å². The highest BCUT2D eigenvalue weighted by Gasteiger charge is 2.19. The van der Waals surface area contributed by atoms with E-state index in [-0.39, 0.29) is 17.2 Å². The van der Waals surface area contributed by atoms with Crippen LogP contribution in [0.1, 0.15) is 10.4 Å². The lowest BCUT2D eigenvalue weighted by Crippen LogP contribution is -2.15. The molecule has 3 aromatic heterocycles. The normalized spacial score (nSPS) is 11.2. The Morgan fingerprint density at radius 3 is 2.34 bits per heavy atom. The van der Waals surface area contributed by atoms with Gasteiger partial charge in [-0.15, -0.1) is 0 Å². The molecule has 7 rings (SSSR count). The number of carbonyl (C=O) groups excluding carboxylic acids is 1. The third kappa shape index (κ3) is 4.31. The molecule has 0 spiro atoms. The zero-order chi connectivity index (χ0) is 27.9. The number of nitrogens with one attached hydrogen (secondary N) is 3. The fourth-order valence-electron chi connectivity index (χ4n) is 4.91. The highest BCUT2D eigenvalue weighted by atomic mass is 16.1. The number of hydrogen-bond donors (Lipinski definition) is 4. The lowest BCUT2D eigenvalue weighted by atomic mass is 10.1. The number of H-pyrrole nitrogens is 2. The second-order valence-electron chi connectivity index (χ2n) is 9.59. The maximum Gasteiger partial charge on any atom is 0.276 e. The Hall–Kier alpha value is -5.96. The average Bonchev–Trinajstić information content (AvgIpc) is 3.58. The molecule has 0 aliphatic carbocycles. The zero-order valence-corrected chi connectivity index (χ0v) is 21.6. The molecule has 0 bridgehead atoms. The van der Waals surface area contributed by atoms with Gasteiger partial charge < -0.3 is 21.0 Å². The number of nitrogens with zero attached hydrogens (tertiary/aromatic N) is 3. The molecule has 198 valence electrons. The molecule has 0 aliphatic heterocycles. The number of fused-ring (bicyclic) bond motifs is 2. The van der Waals surface area contributed by atoms with Crippen molar-refractivity contribution in [2.45, 2.75) is 0 Å². The molecule has 0 unspecified atom stereocenters. The molecule has 9 heteroatoms. The highest BCUT2D eigenvalue weighted by Crippen LogP contribution is 2.32. The van der Waals surface area contributed by atoms with E-state index < -0.39 is 0 Å². The van der Waals surface area contributed by atoms with Crippen molar-refractivity contribution in [2.75, 3.05) is 11.1 Å². The molecule has 0 atom stereocenters. The number of rotatable bonds is 5. The summed E-state index contributed by atoms with van der Waals surface area (Å²) < 4.78 is 1.71. The lowest BCUT2D eigenvalue weighted by molar-refractivity contribution is 0.102. The molecule has 3 heterocycles. The number of nitrogen functional groups attached to an aromatic ring is 1. The topological polar surface area (TPSA) is 134 Å². The molecule has 7 aromatic rings. The fraction of sp³-hybridized carbons (Fsp3) is 0. The molecular formula is C32H23N7O2. The molecule has 0 radical (unpaired) electrons. The Morgan fingerprint density at radius 1 is 0.805 bits per heavy atom. The first-order valence-corrected chi connectivity index (χ1v) is 13.0. The molecule has 0 fully saturated rings. The van der Waals surface area contributed by atoms with E-state index in [1.54, 1.807) is 28.9 Å². The lowest BCUT2D eigenvalue weighted by Gasteiger charge is -2.09. The van der Waals surface area contributed by atoms with Gasteiger partial charge in [-0.1, -0.05) is 60.7 Å². The van der Waals surface area contributed by atoms with Crippen LogP contribution >= 0.6 is 0 Å². The number of amides is 1. The van der Waals surface area contributed by atoms with Gasteiger partial charge in [0.05, 0.1) is 33.8 Å². The van der Waals surface area contributed by atoms with Crippen molar-refractivity contribution in [3.63, 3.8) is 0 Å². The van der Waals surface area contributed by atoms with Crippen molar-refractivity contribution in [1.29, 1.82) is 0 Å². The molecule has 0 saturated carbocycles. The van der Waals surface area contributed by atoms with Gasteiger partial charge in [-0.25, -0.2) is 9.67 Å². The quantitative estimate of drug-likeness (QED) is 0.222. The first kappa shape index (κ1) is 24.1. The summed E-state index contributed by atoms with van der Waals surface area (Å²) in [5, 5.41) is 8.39. The van der Waals surface area contributed by atoms with Crippen LogP contribution in [-0.4, -0.2) is 30.6 Å². The Morgan fingerprint density at radius 2 is 1.54 bits per heavy atom. The molecule has 4 aromatic carbocycles. The summed E-state index contributed by atoms with van der Waals surface area (Å²) in [7, 11) is 0. The Kier molecular flexibility index (Phi) is 5.68. The molecule has 1 amide bonds. The number of para-hydroxylation sites is 3. The first-order chi connectivity index (χ1) is 20.0. The smallest absolute Gasteiger partial charge is 0.276 e. The third-order valence-electron chi connectivity index (χ3n) is 6.96. The minimum Gasteiger partial charge on any atom is -0.396 e. The van der Waals surface area contributed by atoms with Crippen LogP contribution in [-0.2, 0) is 0 Å². The van der Waals surface area contributed by atoms with E-state index in [9.17, 15) is 9.59 Å². The van der Waals surface area contributed by atoms with Crippen molar-refractivity contribution in [1.82, 2.24) is 24.7 Å². The molecule has 5 N–H and O–H groups in total. The number of carbonyl (C=O) groups is 1. The summed E-state index contributed by atoms with van der Waals surface area (Å²) in [5.41, 5.74) is 11.9. The van der Waals surface area contributed by atoms with Crippen molar-refractivity contribution >= 4 is 39.3 Å². The van der Waals surface area contributed by atoms with Crippen LogP contribution in [0, 0.1) is 0 Å². The van der Waals surface area contributed by atoms with E-state index in [0.29, 0.717) is 44.7 Å². The van der Waals surface area contributed by atoms with Crippen molar-refractivity contribution in [3.05, 3.63) is 125 Å². The van der Waals surface area contributed by atoms with Gasteiger partial charge in [0.15, 0.2) is 5.69 Å². The van der Waals surface area contributed by atoms with E-state index in [0.717, 1.165) is 16.9 Å². The van der Waals surface area contributed by atoms with Gasteiger partial charge >= 0.3 is 0 Å². The van der Waals surface area contributed by atoms with Gasteiger partial charge in [0.25, 0.3) is 11.5 Å². The fourth-order valence-corrected chi connectivity index (χ4v) is 4.91. The minimum absolute atomic E-state index is 0.184. The van der Waals surface area contributed by atoms with Crippen LogP contribution in [0.4, 0.5) is 11.5 Å². The summed E-state index contributed by atoms with van der Waals surface area (Å²) in [6.07, 6.45) is 0. The second-order valence-corrected chi connectivity index (χ2v) is 9.59. The minimum atomic E-state index is -0.358. The van der Waals surface area contributed by atoms with Gasteiger partial charge in [-0.3, -0.25) is 9.59 Å². The van der Waals surface area contributed by atoms with Gasteiger partial charge in [0, 0.05) is 28.1 Å². The zero-order valence-electron chi connectivity index (χ0n) is 21.6. The predicted molar refractivity (Wildman–Crippen MR) is 161 cm³/mol. The first-order valence-electron chi connectivity index (χ1n) is 13.0. The van der Waals surface area contributed by atoms with E-state index in [1.807, 2.05) is 84.9 Å². The number of benzene rings is 4. The van der Waals surface area contributed by atoms with Gasteiger partial charge in [0.2, 0.25) is 0 Å². The summed E-state index contributed by atoms with van der Waals surface area (Å²) in [4.78, 5) is 36.9. The maximum atomic E-state index is 13.5. The van der Waals surface area contributed by atoms with Gasteiger partial charge in [-0.2, -0.15) is 5.10 Å². The monoisotopic (exact) mass is 537 g/mol. The SMILES string of the molecule is Nc1c(-c2nc3ccccc3[nH]c2=O)[nH]c2ccc(C(=O)Nc3cc(-c4ccccc4)nn3-c3ccccc3)cc12.